The molecule has 152 valence electrons. The number of hydrogen-bond donors (Lipinski definition) is 3. The molecule has 0 saturated heterocycles. The van der Waals surface area contributed by atoms with E-state index >= 15 is 0 Å². The van der Waals surface area contributed by atoms with Gasteiger partial charge in [0, 0.05) is 18.5 Å². The highest BCUT2D eigenvalue weighted by atomic mass is 16.6. The summed E-state index contributed by atoms with van der Waals surface area (Å²) < 4.78 is 5.29. The van der Waals surface area contributed by atoms with Crippen LogP contribution in [-0.4, -0.2) is 34.8 Å². The Morgan fingerprint density at radius 3 is 2.43 bits per heavy atom. The fourth-order valence-corrected chi connectivity index (χ4v) is 3.60. The first-order valence-corrected chi connectivity index (χ1v) is 10.0. The Hall–Kier alpha value is -2.57. The van der Waals surface area contributed by atoms with Crippen LogP contribution in [0.2, 0.25) is 0 Å². The summed E-state index contributed by atoms with van der Waals surface area (Å²) in [6.45, 7) is 7.14. The average Bonchev–Trinajstić information content (AvgIpc) is 2.64. The summed E-state index contributed by atoms with van der Waals surface area (Å²) in [5.74, 6) is 2.18. The second kappa shape index (κ2) is 8.63. The highest BCUT2D eigenvalue weighted by Crippen LogP contribution is 2.29. The molecule has 7 nitrogen and oxygen atoms in total. The van der Waals surface area contributed by atoms with Crippen LogP contribution in [0.1, 0.15) is 46.5 Å². The summed E-state index contributed by atoms with van der Waals surface area (Å²) in [6, 6.07) is 7.76. The van der Waals surface area contributed by atoms with Gasteiger partial charge in [0.25, 0.3) is 0 Å². The second-order valence-electron chi connectivity index (χ2n) is 8.60. The molecule has 0 aliphatic heterocycles. The number of fused-ring (bicyclic) bond motifs is 1. The molecule has 1 aromatic heterocycles. The first-order valence-electron chi connectivity index (χ1n) is 10.0. The van der Waals surface area contributed by atoms with Gasteiger partial charge in [0.1, 0.15) is 11.4 Å². The van der Waals surface area contributed by atoms with Gasteiger partial charge in [-0.2, -0.15) is 4.98 Å². The van der Waals surface area contributed by atoms with E-state index in [0.717, 1.165) is 43.1 Å². The van der Waals surface area contributed by atoms with Gasteiger partial charge in [0.2, 0.25) is 5.95 Å². The zero-order valence-electron chi connectivity index (χ0n) is 17.0. The number of nitrogen functional groups attached to an aromatic ring is 1. The SMILES string of the molecule is CC(C)(C)OC(=O)NCC1CCC(CNc2nc(N)c3ccccc3n2)CC1. The lowest BCUT2D eigenvalue weighted by atomic mass is 9.82. The van der Waals surface area contributed by atoms with E-state index in [9.17, 15) is 4.79 Å². The smallest absolute Gasteiger partial charge is 0.407 e. The molecule has 1 amide bonds. The quantitative estimate of drug-likeness (QED) is 0.720. The van der Waals surface area contributed by atoms with Crippen molar-refractivity contribution in [2.24, 2.45) is 11.8 Å². The van der Waals surface area contributed by atoms with Crippen LogP contribution in [0.5, 0.6) is 0 Å². The predicted octanol–water partition coefficient (Wildman–Crippen LogP) is 3.96. The Morgan fingerprint density at radius 1 is 1.11 bits per heavy atom. The van der Waals surface area contributed by atoms with Crippen molar-refractivity contribution in [2.75, 3.05) is 24.1 Å². The molecule has 0 atom stereocenters. The van der Waals surface area contributed by atoms with E-state index in [1.165, 1.54) is 0 Å². The van der Waals surface area contributed by atoms with E-state index in [1.807, 2.05) is 45.0 Å². The third-order valence-electron chi connectivity index (χ3n) is 5.08. The lowest BCUT2D eigenvalue weighted by Gasteiger charge is -2.29. The normalized spacial score (nSPS) is 20.0. The maximum absolute atomic E-state index is 11.8. The Morgan fingerprint density at radius 2 is 1.75 bits per heavy atom. The number of para-hydroxylation sites is 1. The predicted molar refractivity (Wildman–Crippen MR) is 112 cm³/mol. The van der Waals surface area contributed by atoms with Crippen molar-refractivity contribution in [1.29, 1.82) is 0 Å². The molecule has 7 heteroatoms. The van der Waals surface area contributed by atoms with Gasteiger partial charge < -0.3 is 21.1 Å². The van der Waals surface area contributed by atoms with Gasteiger partial charge in [0.05, 0.1) is 5.52 Å². The third-order valence-corrected chi connectivity index (χ3v) is 5.08. The summed E-state index contributed by atoms with van der Waals surface area (Å²) in [7, 11) is 0. The molecular weight excluding hydrogens is 354 g/mol. The molecule has 1 aliphatic rings. The number of carbonyl (C=O) groups excluding carboxylic acids is 1. The number of rotatable bonds is 5. The number of aromatic nitrogens is 2. The number of alkyl carbamates (subject to hydrolysis) is 1. The van der Waals surface area contributed by atoms with Gasteiger partial charge in [-0.15, -0.1) is 0 Å². The minimum absolute atomic E-state index is 0.331. The molecule has 0 radical (unpaired) electrons. The number of amides is 1. The molecule has 2 aromatic rings. The zero-order chi connectivity index (χ0) is 20.1. The molecule has 1 saturated carbocycles. The Balaban J connectivity index is 1.42. The fraction of sp³-hybridized carbons (Fsp3) is 0.571. The summed E-state index contributed by atoms with van der Waals surface area (Å²) in [5, 5.41) is 7.12. The molecule has 1 aliphatic carbocycles. The maximum atomic E-state index is 11.8. The maximum Gasteiger partial charge on any atom is 0.407 e. The van der Waals surface area contributed by atoms with Crippen LogP contribution >= 0.6 is 0 Å². The Kier molecular flexibility index (Phi) is 6.21. The standard InChI is InChI=1S/C21H31N5O2/c1-21(2,3)28-20(27)24-13-15-10-8-14(9-11-15)12-23-19-25-17-7-5-4-6-16(17)18(22)26-19/h4-7,14-15H,8-13H2,1-3H3,(H,24,27)(H3,22,23,25,26). The van der Waals surface area contributed by atoms with Crippen LogP contribution in [0.25, 0.3) is 10.9 Å². The molecule has 3 rings (SSSR count). The molecule has 1 fully saturated rings. The molecular formula is C21H31N5O2. The van der Waals surface area contributed by atoms with Crippen molar-refractivity contribution >= 4 is 28.8 Å². The monoisotopic (exact) mass is 385 g/mol. The van der Waals surface area contributed by atoms with E-state index in [4.69, 9.17) is 10.5 Å². The average molecular weight is 386 g/mol. The summed E-state index contributed by atoms with van der Waals surface area (Å²) in [6.07, 6.45) is 4.11. The van der Waals surface area contributed by atoms with Crippen LogP contribution in [0.3, 0.4) is 0 Å². The topological polar surface area (TPSA) is 102 Å². The van der Waals surface area contributed by atoms with Crippen LogP contribution in [0.15, 0.2) is 24.3 Å². The molecule has 0 spiro atoms. The Bertz CT molecular complexity index is 810. The first-order chi connectivity index (χ1) is 13.3. The largest absolute Gasteiger partial charge is 0.444 e. The number of carbonyl (C=O) groups is 1. The Labute approximate surface area is 166 Å². The van der Waals surface area contributed by atoms with Gasteiger partial charge in [-0.1, -0.05) is 12.1 Å². The number of hydrogen-bond acceptors (Lipinski definition) is 6. The van der Waals surface area contributed by atoms with E-state index in [1.54, 1.807) is 0 Å². The molecule has 1 heterocycles. The van der Waals surface area contributed by atoms with Crippen molar-refractivity contribution < 1.29 is 9.53 Å². The summed E-state index contributed by atoms with van der Waals surface area (Å²) >= 11 is 0. The second-order valence-corrected chi connectivity index (χ2v) is 8.60. The van der Waals surface area contributed by atoms with Crippen molar-refractivity contribution in [3.05, 3.63) is 24.3 Å². The van der Waals surface area contributed by atoms with Gasteiger partial charge in [-0.05, 0) is 70.4 Å². The van der Waals surface area contributed by atoms with E-state index in [-0.39, 0.29) is 6.09 Å². The zero-order valence-corrected chi connectivity index (χ0v) is 17.0. The number of nitrogens with one attached hydrogen (secondary N) is 2. The van der Waals surface area contributed by atoms with Crippen LogP contribution < -0.4 is 16.4 Å². The first kappa shape index (κ1) is 20.2. The van der Waals surface area contributed by atoms with Crippen molar-refractivity contribution in [1.82, 2.24) is 15.3 Å². The van der Waals surface area contributed by atoms with Crippen molar-refractivity contribution in [3.63, 3.8) is 0 Å². The highest BCUT2D eigenvalue weighted by molar-refractivity contribution is 5.88. The minimum atomic E-state index is -0.457. The van der Waals surface area contributed by atoms with Crippen LogP contribution in [0.4, 0.5) is 16.6 Å². The number of anilines is 2. The third kappa shape index (κ3) is 5.71. The van der Waals surface area contributed by atoms with Crippen LogP contribution in [-0.2, 0) is 4.74 Å². The summed E-state index contributed by atoms with van der Waals surface area (Å²) in [4.78, 5) is 20.7. The number of benzene rings is 1. The van der Waals surface area contributed by atoms with E-state index < -0.39 is 5.60 Å². The summed E-state index contributed by atoms with van der Waals surface area (Å²) in [5.41, 5.74) is 6.44. The minimum Gasteiger partial charge on any atom is -0.444 e. The lowest BCUT2D eigenvalue weighted by molar-refractivity contribution is 0.0513. The van der Waals surface area contributed by atoms with Gasteiger partial charge in [-0.25, -0.2) is 9.78 Å². The van der Waals surface area contributed by atoms with Gasteiger partial charge in [0.15, 0.2) is 0 Å². The number of nitrogens with zero attached hydrogens (tertiary/aromatic N) is 2. The molecule has 1 aromatic carbocycles. The van der Waals surface area contributed by atoms with Gasteiger partial charge >= 0.3 is 6.09 Å². The lowest BCUT2D eigenvalue weighted by Crippen LogP contribution is -2.36. The number of ether oxygens (including phenoxy) is 1. The van der Waals surface area contributed by atoms with Crippen LogP contribution in [0, 0.1) is 11.8 Å². The molecule has 28 heavy (non-hydrogen) atoms. The van der Waals surface area contributed by atoms with E-state index in [0.29, 0.717) is 30.1 Å². The molecule has 0 bridgehead atoms. The number of nitrogens with two attached hydrogens (primary N) is 1. The molecule has 4 N–H and O–H groups in total. The fourth-order valence-electron chi connectivity index (χ4n) is 3.60. The van der Waals surface area contributed by atoms with Crippen molar-refractivity contribution in [2.45, 2.75) is 52.1 Å². The highest BCUT2D eigenvalue weighted by Gasteiger charge is 2.23. The molecule has 0 unspecified atom stereocenters. The van der Waals surface area contributed by atoms with Crippen molar-refractivity contribution in [3.8, 4) is 0 Å². The van der Waals surface area contributed by atoms with Gasteiger partial charge in [-0.3, -0.25) is 0 Å². The van der Waals surface area contributed by atoms with E-state index in [2.05, 4.69) is 20.6 Å².